The summed E-state index contributed by atoms with van der Waals surface area (Å²) in [7, 11) is 3.56. The second-order valence-electron chi connectivity index (χ2n) is 5.98. The molecule has 1 amide bonds. The minimum atomic E-state index is -0.147. The van der Waals surface area contributed by atoms with E-state index in [1.807, 2.05) is 19.2 Å². The van der Waals surface area contributed by atoms with Crippen LogP contribution in [-0.2, 0) is 35.5 Å². The van der Waals surface area contributed by atoms with Crippen molar-refractivity contribution < 1.29 is 14.1 Å². The normalized spacial score (nSPS) is 17.5. The number of benzene rings is 1. The predicted molar refractivity (Wildman–Crippen MR) is 87.1 cm³/mol. The van der Waals surface area contributed by atoms with Gasteiger partial charge in [-0.25, -0.2) is 0 Å². The van der Waals surface area contributed by atoms with Crippen LogP contribution in [0.3, 0.4) is 0 Å². The lowest BCUT2D eigenvalue weighted by molar-refractivity contribution is -0.126. The predicted octanol–water partition coefficient (Wildman–Crippen LogP) is 0.931. The molecule has 7 nitrogen and oxygen atoms in total. The number of rotatable bonds is 6. The average Bonchev–Trinajstić information content (AvgIpc) is 3.02. The first-order valence-corrected chi connectivity index (χ1v) is 8.02. The van der Waals surface area contributed by atoms with E-state index in [2.05, 4.69) is 32.5 Å². The Labute approximate surface area is 141 Å². The number of carbonyl (C=O) groups excluding carboxylic acids is 1. The number of likely N-dealkylation sites (N-methyl/N-ethyl adjacent to an activating group) is 1. The molecule has 1 N–H and O–H groups in total. The minimum Gasteiger partial charge on any atom is -0.377 e. The van der Waals surface area contributed by atoms with Gasteiger partial charge in [0.2, 0.25) is 11.8 Å². The third-order valence-corrected chi connectivity index (χ3v) is 4.21. The maximum atomic E-state index is 12.5. The second-order valence-corrected chi connectivity index (χ2v) is 5.98. The molecule has 0 saturated carbocycles. The van der Waals surface area contributed by atoms with Crippen molar-refractivity contribution in [3.05, 3.63) is 47.1 Å². The lowest BCUT2D eigenvalue weighted by atomic mass is 9.94. The summed E-state index contributed by atoms with van der Waals surface area (Å²) in [6.45, 7) is 1.58. The number of amides is 1. The average molecular weight is 330 g/mol. The molecule has 0 fully saturated rings. The largest absolute Gasteiger partial charge is 0.377 e. The Kier molecular flexibility index (Phi) is 5.22. The molecule has 1 atom stereocenters. The fourth-order valence-electron chi connectivity index (χ4n) is 2.94. The van der Waals surface area contributed by atoms with Crippen molar-refractivity contribution in [2.75, 3.05) is 20.7 Å². The highest BCUT2D eigenvalue weighted by Crippen LogP contribution is 2.21. The summed E-state index contributed by atoms with van der Waals surface area (Å²) in [6, 6.07) is 8.12. The summed E-state index contributed by atoms with van der Waals surface area (Å²) in [5.74, 6) is 1.05. The van der Waals surface area contributed by atoms with Crippen molar-refractivity contribution in [3.63, 3.8) is 0 Å². The molecule has 3 rings (SSSR count). The second kappa shape index (κ2) is 7.55. The molecule has 0 spiro atoms. The Bertz CT molecular complexity index is 701. The fourth-order valence-corrected chi connectivity index (χ4v) is 2.94. The van der Waals surface area contributed by atoms with Gasteiger partial charge in [0.25, 0.3) is 0 Å². The molecular weight excluding hydrogens is 308 g/mol. The number of methoxy groups -OCH3 is 1. The van der Waals surface area contributed by atoms with Gasteiger partial charge >= 0.3 is 0 Å². The highest BCUT2D eigenvalue weighted by Gasteiger charge is 2.28. The standard InChI is InChI=1S/C17H22N4O3/c1-21-10-13-6-4-3-5-12(13)9-14(21)17(22)18-8-7-16-19-15(11-23-2)20-24-16/h3-6,14H,7-11H2,1-2H3,(H,18,22)/t14-/m1/s1. The molecule has 1 aliphatic rings. The SMILES string of the molecule is COCc1noc(CCNC(=O)[C@H]2Cc3ccccc3CN2C)n1. The van der Waals surface area contributed by atoms with E-state index in [-0.39, 0.29) is 11.9 Å². The van der Waals surface area contributed by atoms with Gasteiger partial charge in [-0.05, 0) is 24.6 Å². The maximum absolute atomic E-state index is 12.5. The van der Waals surface area contributed by atoms with Crippen LogP contribution in [0.2, 0.25) is 0 Å². The number of fused-ring (bicyclic) bond motifs is 1. The van der Waals surface area contributed by atoms with Crippen molar-refractivity contribution in [2.45, 2.75) is 32.0 Å². The molecule has 1 aromatic heterocycles. The van der Waals surface area contributed by atoms with E-state index in [4.69, 9.17) is 9.26 Å². The first-order chi connectivity index (χ1) is 11.7. The van der Waals surface area contributed by atoms with Crippen LogP contribution in [0.5, 0.6) is 0 Å². The first-order valence-electron chi connectivity index (χ1n) is 8.02. The van der Waals surface area contributed by atoms with Gasteiger partial charge < -0.3 is 14.6 Å². The summed E-state index contributed by atoms with van der Waals surface area (Å²) >= 11 is 0. The Morgan fingerprint density at radius 2 is 2.21 bits per heavy atom. The van der Waals surface area contributed by atoms with E-state index in [1.54, 1.807) is 7.11 Å². The van der Waals surface area contributed by atoms with E-state index in [9.17, 15) is 4.79 Å². The zero-order chi connectivity index (χ0) is 16.9. The number of aromatic nitrogens is 2. The molecule has 1 aromatic carbocycles. The number of hydrogen-bond acceptors (Lipinski definition) is 6. The Hall–Kier alpha value is -2.25. The fraction of sp³-hybridized carbons (Fsp3) is 0.471. The van der Waals surface area contributed by atoms with Gasteiger partial charge in [-0.2, -0.15) is 4.98 Å². The highest BCUT2D eigenvalue weighted by atomic mass is 16.5. The molecule has 0 unspecified atom stereocenters. The summed E-state index contributed by atoms with van der Waals surface area (Å²) in [6.07, 6.45) is 1.24. The minimum absolute atomic E-state index is 0.0311. The van der Waals surface area contributed by atoms with Gasteiger partial charge in [0, 0.05) is 26.6 Å². The lowest BCUT2D eigenvalue weighted by Crippen LogP contribution is -2.48. The molecule has 0 saturated heterocycles. The van der Waals surface area contributed by atoms with Crippen LogP contribution in [-0.4, -0.2) is 47.7 Å². The van der Waals surface area contributed by atoms with Gasteiger partial charge in [0.05, 0.1) is 6.04 Å². The molecule has 2 aromatic rings. The van der Waals surface area contributed by atoms with Crippen LogP contribution in [0.1, 0.15) is 22.8 Å². The topological polar surface area (TPSA) is 80.5 Å². The molecule has 24 heavy (non-hydrogen) atoms. The third-order valence-electron chi connectivity index (χ3n) is 4.21. The van der Waals surface area contributed by atoms with Crippen molar-refractivity contribution >= 4 is 5.91 Å². The zero-order valence-electron chi connectivity index (χ0n) is 14.0. The Balaban J connectivity index is 1.51. The van der Waals surface area contributed by atoms with Crippen LogP contribution < -0.4 is 5.32 Å². The van der Waals surface area contributed by atoms with Crippen LogP contribution in [0.15, 0.2) is 28.8 Å². The first kappa shape index (κ1) is 16.6. The quantitative estimate of drug-likeness (QED) is 0.849. The monoisotopic (exact) mass is 330 g/mol. The zero-order valence-corrected chi connectivity index (χ0v) is 14.0. The summed E-state index contributed by atoms with van der Waals surface area (Å²) in [5.41, 5.74) is 2.54. The number of ether oxygens (including phenoxy) is 1. The number of nitrogens with one attached hydrogen (secondary N) is 1. The van der Waals surface area contributed by atoms with Crippen LogP contribution in [0.25, 0.3) is 0 Å². The Morgan fingerprint density at radius 1 is 1.42 bits per heavy atom. The summed E-state index contributed by atoms with van der Waals surface area (Å²) in [5, 5.41) is 6.76. The van der Waals surface area contributed by atoms with E-state index in [0.29, 0.717) is 31.3 Å². The van der Waals surface area contributed by atoms with E-state index >= 15 is 0 Å². The number of hydrogen-bond donors (Lipinski definition) is 1. The molecule has 7 heteroatoms. The maximum Gasteiger partial charge on any atom is 0.237 e. The highest BCUT2D eigenvalue weighted by molar-refractivity contribution is 5.82. The van der Waals surface area contributed by atoms with Crippen molar-refractivity contribution in [2.24, 2.45) is 0 Å². The number of nitrogens with zero attached hydrogens (tertiary/aromatic N) is 3. The van der Waals surface area contributed by atoms with Gasteiger partial charge in [-0.15, -0.1) is 0 Å². The van der Waals surface area contributed by atoms with Crippen LogP contribution in [0.4, 0.5) is 0 Å². The molecule has 1 aliphatic heterocycles. The molecule has 0 radical (unpaired) electrons. The third kappa shape index (κ3) is 3.80. The van der Waals surface area contributed by atoms with E-state index in [0.717, 1.165) is 13.0 Å². The number of carbonyl (C=O) groups is 1. The van der Waals surface area contributed by atoms with E-state index in [1.165, 1.54) is 11.1 Å². The van der Waals surface area contributed by atoms with Crippen molar-refractivity contribution in [1.82, 2.24) is 20.4 Å². The summed E-state index contributed by atoms with van der Waals surface area (Å²) in [4.78, 5) is 18.8. The molecule has 0 aliphatic carbocycles. The molecule has 2 heterocycles. The van der Waals surface area contributed by atoms with Gasteiger partial charge in [-0.3, -0.25) is 9.69 Å². The van der Waals surface area contributed by atoms with Gasteiger partial charge in [0.15, 0.2) is 5.82 Å². The molecule has 128 valence electrons. The van der Waals surface area contributed by atoms with Crippen molar-refractivity contribution in [3.8, 4) is 0 Å². The molecule has 0 bridgehead atoms. The van der Waals surface area contributed by atoms with Gasteiger partial charge in [0.1, 0.15) is 6.61 Å². The smallest absolute Gasteiger partial charge is 0.237 e. The Morgan fingerprint density at radius 3 is 3.00 bits per heavy atom. The van der Waals surface area contributed by atoms with Crippen LogP contribution in [0, 0.1) is 0 Å². The van der Waals surface area contributed by atoms with Crippen molar-refractivity contribution in [1.29, 1.82) is 0 Å². The van der Waals surface area contributed by atoms with Gasteiger partial charge in [-0.1, -0.05) is 29.4 Å². The van der Waals surface area contributed by atoms with Crippen LogP contribution >= 0.6 is 0 Å². The lowest BCUT2D eigenvalue weighted by Gasteiger charge is -2.33. The molecular formula is C17H22N4O3. The van der Waals surface area contributed by atoms with E-state index < -0.39 is 0 Å². The summed E-state index contributed by atoms with van der Waals surface area (Å²) < 4.78 is 10.1.